The van der Waals surface area contributed by atoms with Crippen molar-refractivity contribution in [1.82, 2.24) is 9.80 Å². The Labute approximate surface area is 409 Å². The van der Waals surface area contributed by atoms with E-state index in [1.165, 1.54) is 38.2 Å². The minimum atomic E-state index is -1.29. The molecule has 5 aliphatic rings. The van der Waals surface area contributed by atoms with Crippen LogP contribution < -0.4 is 0 Å². The van der Waals surface area contributed by atoms with Crippen LogP contribution in [0.4, 0.5) is 0 Å². The summed E-state index contributed by atoms with van der Waals surface area (Å²) >= 11 is 0. The largest absolute Gasteiger partial charge is 0.512 e. The Hall–Kier alpha value is -4.28. The number of ether oxygens (including phenoxy) is 1. The van der Waals surface area contributed by atoms with E-state index in [2.05, 4.69) is 65.8 Å². The maximum absolute atomic E-state index is 14.0. The number of aromatic hydroxyl groups is 1. The molecule has 0 bridgehead atoms. The summed E-state index contributed by atoms with van der Waals surface area (Å²) in [5, 5.41) is 65.8. The fourth-order valence-corrected chi connectivity index (χ4v) is 12.7. The molecule has 2 aliphatic carbocycles. The zero-order chi connectivity index (χ0) is 49.8. The highest BCUT2D eigenvalue weighted by Crippen LogP contribution is 2.48. The minimum absolute atomic E-state index is 0.0148. The Morgan fingerprint density at radius 2 is 1.29 bits per heavy atom. The molecule has 13 nitrogen and oxygen atoms in total. The summed E-state index contributed by atoms with van der Waals surface area (Å²) in [4.78, 5) is 56.1. The van der Waals surface area contributed by atoms with Gasteiger partial charge in [-0.25, -0.2) is 9.59 Å². The summed E-state index contributed by atoms with van der Waals surface area (Å²) in [6.07, 6.45) is 13.5. The SMILES string of the molecule is CC(C)=CCC/C(C)=C\CCC1(C)Cc2c(c(O)cc3c2CN(C(CSSCC(C(=O)O)N2CC4=C(CC(O)=C5CC(O)C(C)(CC/C=C(\C)CCC=C(C)C)OC54)C2=O)C(=O)O)C3=O)CC1O. The van der Waals surface area contributed by atoms with E-state index < -0.39 is 65.2 Å². The second-order valence-corrected chi connectivity index (χ2v) is 23.1. The Balaban J connectivity index is 1.08. The van der Waals surface area contributed by atoms with Gasteiger partial charge in [0.05, 0.1) is 23.6 Å². The number of rotatable bonds is 21. The van der Waals surface area contributed by atoms with Gasteiger partial charge in [0.1, 0.15) is 23.9 Å². The normalized spacial score (nSPS) is 25.8. The van der Waals surface area contributed by atoms with E-state index in [0.29, 0.717) is 48.0 Å². The van der Waals surface area contributed by atoms with Gasteiger partial charge in [-0.1, -0.05) is 75.1 Å². The predicted octanol–water partition coefficient (Wildman–Crippen LogP) is 9.31. The van der Waals surface area contributed by atoms with Crippen LogP contribution in [0.1, 0.15) is 147 Å². The molecule has 7 unspecified atom stereocenters. The first kappa shape index (κ1) is 53.1. The molecule has 68 heavy (non-hydrogen) atoms. The van der Waals surface area contributed by atoms with E-state index in [4.69, 9.17) is 4.74 Å². The summed E-state index contributed by atoms with van der Waals surface area (Å²) in [6, 6.07) is -1.19. The van der Waals surface area contributed by atoms with Gasteiger partial charge in [0.15, 0.2) is 0 Å². The van der Waals surface area contributed by atoms with Gasteiger partial charge in [0.2, 0.25) is 0 Å². The summed E-state index contributed by atoms with van der Waals surface area (Å²) in [6.45, 7) is 16.3. The Morgan fingerprint density at radius 1 is 0.735 bits per heavy atom. The molecule has 1 fully saturated rings. The van der Waals surface area contributed by atoms with Crippen LogP contribution in [0.25, 0.3) is 0 Å². The van der Waals surface area contributed by atoms with E-state index in [9.17, 15) is 49.8 Å². The fourth-order valence-electron chi connectivity index (χ4n) is 10.3. The van der Waals surface area contributed by atoms with Gasteiger partial charge in [-0.2, -0.15) is 0 Å². The molecule has 1 aromatic carbocycles. The van der Waals surface area contributed by atoms with Gasteiger partial charge >= 0.3 is 11.9 Å². The number of phenols is 1. The lowest BCUT2D eigenvalue weighted by Gasteiger charge is -2.45. The lowest BCUT2D eigenvalue weighted by Crippen LogP contribution is -2.52. The first-order valence-electron chi connectivity index (χ1n) is 24.0. The lowest BCUT2D eigenvalue weighted by atomic mass is 9.67. The molecule has 0 aromatic heterocycles. The quantitative estimate of drug-likeness (QED) is 0.0387. The highest BCUT2D eigenvalue weighted by atomic mass is 33.1. The van der Waals surface area contributed by atoms with Crippen molar-refractivity contribution in [1.29, 1.82) is 0 Å². The number of carbonyl (C=O) groups is 4. The zero-order valence-electron chi connectivity index (χ0n) is 41.0. The van der Waals surface area contributed by atoms with Crippen molar-refractivity contribution in [2.75, 3.05) is 18.1 Å². The zero-order valence-corrected chi connectivity index (χ0v) is 42.7. The van der Waals surface area contributed by atoms with Crippen LogP contribution in [0, 0.1) is 5.41 Å². The number of nitrogens with zero attached hydrogens (tertiary/aromatic N) is 2. The van der Waals surface area contributed by atoms with E-state index in [0.717, 1.165) is 59.3 Å². The molecule has 0 saturated carbocycles. The van der Waals surface area contributed by atoms with Crippen LogP contribution in [0.3, 0.4) is 0 Å². The van der Waals surface area contributed by atoms with Crippen molar-refractivity contribution in [2.45, 2.75) is 175 Å². The monoisotopic (exact) mass is 976 g/mol. The van der Waals surface area contributed by atoms with Gasteiger partial charge < -0.3 is 45.2 Å². The smallest absolute Gasteiger partial charge is 0.327 e. The first-order chi connectivity index (χ1) is 32.0. The number of aliphatic hydroxyl groups excluding tert-OH is 3. The summed E-state index contributed by atoms with van der Waals surface area (Å²) in [7, 11) is 2.20. The van der Waals surface area contributed by atoms with Crippen LogP contribution in [-0.2, 0) is 38.5 Å². The van der Waals surface area contributed by atoms with E-state index in [1.54, 1.807) is 0 Å². The number of carboxylic acid groups (broad SMARTS) is 2. The predicted molar refractivity (Wildman–Crippen MR) is 267 cm³/mol. The second kappa shape index (κ2) is 22.2. The van der Waals surface area contributed by atoms with Crippen molar-refractivity contribution in [3.05, 3.63) is 97.4 Å². The van der Waals surface area contributed by atoms with Crippen LogP contribution in [0.15, 0.2) is 75.1 Å². The van der Waals surface area contributed by atoms with Crippen LogP contribution in [0.5, 0.6) is 5.75 Å². The van der Waals surface area contributed by atoms with Crippen molar-refractivity contribution >= 4 is 45.3 Å². The Bertz CT molecular complexity index is 2340. The molecule has 372 valence electrons. The molecule has 6 rings (SSSR count). The van der Waals surface area contributed by atoms with Crippen LogP contribution >= 0.6 is 21.6 Å². The highest BCUT2D eigenvalue weighted by Gasteiger charge is 2.51. The summed E-state index contributed by atoms with van der Waals surface area (Å²) in [5.74, 6) is -3.84. The van der Waals surface area contributed by atoms with Gasteiger partial charge in [-0.15, -0.1) is 0 Å². The average molecular weight is 977 g/mol. The number of fused-ring (bicyclic) bond motifs is 5. The Kier molecular flexibility index (Phi) is 17.3. The third kappa shape index (κ3) is 11.8. The second-order valence-electron chi connectivity index (χ2n) is 20.6. The fraction of sp³-hybridized carbons (Fsp3) is 0.585. The number of benzene rings is 1. The molecule has 2 amide bonds. The van der Waals surface area contributed by atoms with E-state index >= 15 is 0 Å². The third-order valence-corrected chi connectivity index (χ3v) is 17.1. The molecule has 1 aromatic rings. The number of allylic oxidation sites excluding steroid dienone is 9. The lowest BCUT2D eigenvalue weighted by molar-refractivity contribution is -0.155. The number of aliphatic carboxylic acids is 2. The number of hydrogen-bond acceptors (Lipinski definition) is 11. The molecule has 1 saturated heterocycles. The molecule has 3 heterocycles. The van der Waals surface area contributed by atoms with Gasteiger partial charge in [-0.3, -0.25) is 9.59 Å². The molecule has 0 spiro atoms. The van der Waals surface area contributed by atoms with E-state index in [-0.39, 0.29) is 66.5 Å². The molecular weight excluding hydrogens is 905 g/mol. The number of aliphatic hydroxyl groups is 3. The average Bonchev–Trinajstić information content (AvgIpc) is 3.75. The standard InChI is InChI=1S/C53H72N2O11S2/c1-30(2)13-9-15-32(5)17-11-19-52(7)25-38-34(23-45(52)58)43(56)21-35-39(38)26-54(48(35)60)41(50(62)63)28-67-68-29-42(51(64)65)55-27-40-36(49(55)61)22-44(57)37-24-46(59)53(8,66-47(37)40)20-12-18-33(6)16-10-14-31(3)4/h13-14,17-18,21,41-42,45-47,56-59H,9-12,15-16,19-20,22-29H2,1-8H3,(H,62,63)(H,64,65)/b32-17-,33-18+. The number of carbonyl (C=O) groups excluding carboxylic acids is 2. The van der Waals surface area contributed by atoms with Crippen molar-refractivity contribution in [3.8, 4) is 5.75 Å². The third-order valence-electron chi connectivity index (χ3n) is 14.7. The Morgan fingerprint density at radius 3 is 1.85 bits per heavy atom. The summed E-state index contributed by atoms with van der Waals surface area (Å²) < 4.78 is 6.61. The molecule has 15 heteroatoms. The van der Waals surface area contributed by atoms with Crippen molar-refractivity contribution in [2.24, 2.45) is 5.41 Å². The molecule has 6 N–H and O–H groups in total. The number of amides is 2. The van der Waals surface area contributed by atoms with Crippen LogP contribution in [0.2, 0.25) is 0 Å². The summed E-state index contributed by atoms with van der Waals surface area (Å²) in [5.41, 5.74) is 7.15. The maximum atomic E-state index is 14.0. The van der Waals surface area contributed by atoms with Gasteiger partial charge in [0, 0.05) is 66.1 Å². The molecule has 7 atom stereocenters. The van der Waals surface area contributed by atoms with E-state index in [1.807, 2.05) is 13.8 Å². The van der Waals surface area contributed by atoms with Gasteiger partial charge in [0.25, 0.3) is 11.8 Å². The van der Waals surface area contributed by atoms with Crippen LogP contribution in [-0.4, -0.2) is 118 Å². The number of carboxylic acids is 2. The van der Waals surface area contributed by atoms with Gasteiger partial charge in [-0.05, 0) is 134 Å². The van der Waals surface area contributed by atoms with Crippen molar-refractivity contribution in [3.63, 3.8) is 0 Å². The minimum Gasteiger partial charge on any atom is -0.512 e. The van der Waals surface area contributed by atoms with Crippen molar-refractivity contribution < 1.29 is 54.6 Å². The number of phenolic OH excluding ortho intramolecular Hbond substituents is 1. The number of hydrogen-bond donors (Lipinski definition) is 6. The molecular formula is C53H72N2O11S2. The highest BCUT2D eigenvalue weighted by molar-refractivity contribution is 8.76. The topological polar surface area (TPSA) is 205 Å². The maximum Gasteiger partial charge on any atom is 0.327 e. The molecule has 0 radical (unpaired) electrons. The molecule has 3 aliphatic heterocycles. The first-order valence-corrected chi connectivity index (χ1v) is 26.5.